The summed E-state index contributed by atoms with van der Waals surface area (Å²) in [6, 6.07) is 15.0. The topological polar surface area (TPSA) is 74.6 Å². The van der Waals surface area contributed by atoms with E-state index in [1.807, 2.05) is 59.3 Å². The van der Waals surface area contributed by atoms with Gasteiger partial charge >= 0.3 is 0 Å². The predicted octanol–water partition coefficient (Wildman–Crippen LogP) is 5.23. The molecule has 174 valence electrons. The second-order valence-electron chi connectivity index (χ2n) is 8.07. The van der Waals surface area contributed by atoms with Crippen LogP contribution in [-0.4, -0.2) is 34.5 Å². The number of rotatable bonds is 9. The summed E-state index contributed by atoms with van der Waals surface area (Å²) in [4.78, 5) is 15.3. The highest BCUT2D eigenvalue weighted by Gasteiger charge is 2.27. The minimum Gasteiger partial charge on any atom is -0.491 e. The van der Waals surface area contributed by atoms with Crippen molar-refractivity contribution in [3.05, 3.63) is 77.8 Å². The molecule has 1 fully saturated rings. The quantitative estimate of drug-likeness (QED) is 0.464. The normalized spacial score (nSPS) is 19.1. The smallest absolute Gasteiger partial charge is 0.221 e. The van der Waals surface area contributed by atoms with Gasteiger partial charge in [-0.2, -0.15) is 0 Å². The molecule has 2 aromatic carbocycles. The zero-order chi connectivity index (χ0) is 23.0. The van der Waals surface area contributed by atoms with Crippen LogP contribution in [0.3, 0.4) is 0 Å². The zero-order valence-corrected chi connectivity index (χ0v) is 19.3. The molecule has 1 amide bonds. The maximum Gasteiger partial charge on any atom is 0.221 e. The van der Waals surface area contributed by atoms with Gasteiger partial charge in [0.2, 0.25) is 5.91 Å². The van der Waals surface area contributed by atoms with Crippen LogP contribution in [0.2, 0.25) is 5.02 Å². The lowest BCUT2D eigenvalue weighted by Crippen LogP contribution is -2.35. The first kappa shape index (κ1) is 23.3. The molecule has 0 spiro atoms. The summed E-state index contributed by atoms with van der Waals surface area (Å²) in [7, 11) is 0. The van der Waals surface area contributed by atoms with Crippen LogP contribution in [0.15, 0.2) is 67.3 Å². The monoisotopic (exact) mass is 469 g/mol. The fourth-order valence-corrected chi connectivity index (χ4v) is 3.91. The minimum absolute atomic E-state index is 0.0575. The van der Waals surface area contributed by atoms with Gasteiger partial charge in [0, 0.05) is 30.0 Å². The van der Waals surface area contributed by atoms with E-state index >= 15 is 0 Å². The third-order valence-corrected chi connectivity index (χ3v) is 5.67. The zero-order valence-electron chi connectivity index (χ0n) is 18.5. The van der Waals surface area contributed by atoms with E-state index in [0.717, 1.165) is 36.3 Å². The Morgan fingerprint density at radius 3 is 2.70 bits per heavy atom. The van der Waals surface area contributed by atoms with Gasteiger partial charge < -0.3 is 24.1 Å². The van der Waals surface area contributed by atoms with Crippen molar-refractivity contribution in [2.75, 3.05) is 11.9 Å². The fraction of sp³-hybridized carbons (Fsp3) is 0.360. The highest BCUT2D eigenvalue weighted by atomic mass is 35.5. The predicted molar refractivity (Wildman–Crippen MR) is 126 cm³/mol. The van der Waals surface area contributed by atoms with Crippen molar-refractivity contribution < 1.29 is 19.0 Å². The molecular weight excluding hydrogens is 442 g/mol. The van der Waals surface area contributed by atoms with Gasteiger partial charge in [-0.25, -0.2) is 4.98 Å². The number of carbonyl (C=O) groups is 1. The van der Waals surface area contributed by atoms with Gasteiger partial charge in [0.1, 0.15) is 18.5 Å². The molecule has 2 heterocycles. The molecule has 1 aliphatic heterocycles. The van der Waals surface area contributed by atoms with Gasteiger partial charge in [0.05, 0.1) is 19.0 Å². The number of halogens is 1. The minimum atomic E-state index is -0.321. The van der Waals surface area contributed by atoms with E-state index in [1.165, 1.54) is 6.92 Å². The van der Waals surface area contributed by atoms with Crippen LogP contribution < -0.4 is 10.1 Å². The molecule has 1 aliphatic rings. The Morgan fingerprint density at radius 1 is 1.21 bits per heavy atom. The Kier molecular flexibility index (Phi) is 7.99. The molecule has 3 unspecified atom stereocenters. The van der Waals surface area contributed by atoms with Gasteiger partial charge in [-0.1, -0.05) is 23.7 Å². The lowest BCUT2D eigenvalue weighted by molar-refractivity contribution is -0.223. The summed E-state index contributed by atoms with van der Waals surface area (Å²) in [5.74, 6) is 0.630. The van der Waals surface area contributed by atoms with Crippen LogP contribution in [0, 0.1) is 0 Å². The maximum absolute atomic E-state index is 11.2. The van der Waals surface area contributed by atoms with E-state index in [-0.39, 0.29) is 24.4 Å². The van der Waals surface area contributed by atoms with E-state index in [0.29, 0.717) is 18.2 Å². The molecule has 7 nitrogen and oxygen atoms in total. The molecule has 0 bridgehead atoms. The summed E-state index contributed by atoms with van der Waals surface area (Å²) in [6.07, 6.45) is 7.63. The van der Waals surface area contributed by atoms with E-state index in [9.17, 15) is 4.79 Å². The van der Waals surface area contributed by atoms with Crippen molar-refractivity contribution in [3.8, 4) is 5.75 Å². The number of nitrogens with one attached hydrogen (secondary N) is 1. The lowest BCUT2D eigenvalue weighted by Gasteiger charge is -2.32. The van der Waals surface area contributed by atoms with Gasteiger partial charge in [-0.15, -0.1) is 0 Å². The molecule has 1 N–H and O–H groups in total. The van der Waals surface area contributed by atoms with E-state index in [4.69, 9.17) is 25.8 Å². The van der Waals surface area contributed by atoms with Crippen LogP contribution in [-0.2, 0) is 20.8 Å². The number of amides is 1. The van der Waals surface area contributed by atoms with Crippen molar-refractivity contribution >= 4 is 23.2 Å². The Morgan fingerprint density at radius 2 is 2.00 bits per heavy atom. The number of hydrogen-bond acceptors (Lipinski definition) is 5. The molecule has 33 heavy (non-hydrogen) atoms. The highest BCUT2D eigenvalue weighted by Crippen LogP contribution is 2.29. The largest absolute Gasteiger partial charge is 0.491 e. The Bertz CT molecular complexity index is 1010. The van der Waals surface area contributed by atoms with Gasteiger partial charge in [0.25, 0.3) is 0 Å². The van der Waals surface area contributed by atoms with Crippen LogP contribution in [0.4, 0.5) is 5.69 Å². The molecule has 1 saturated heterocycles. The number of nitrogens with zero attached hydrogens (tertiary/aromatic N) is 2. The van der Waals surface area contributed by atoms with Crippen molar-refractivity contribution in [2.24, 2.45) is 0 Å². The maximum atomic E-state index is 11.2. The Balaban J connectivity index is 1.34. The summed E-state index contributed by atoms with van der Waals surface area (Å²) >= 11 is 6.07. The standard InChI is InChI=1S/C25H28ClN3O4/c1-18(30)28-21-9-11-22(12-10-21)31-16-23-3-2-4-25(32-23)33-24(15-29-14-13-27-17-29)19-5-7-20(26)8-6-19/h5-14,17,23-25H,2-4,15-16H2,1H3,(H,28,30). The average molecular weight is 470 g/mol. The van der Waals surface area contributed by atoms with Gasteiger partial charge in [-0.05, 0) is 61.2 Å². The average Bonchev–Trinajstić information content (AvgIpc) is 3.32. The molecule has 1 aromatic heterocycles. The molecule has 3 aromatic rings. The SMILES string of the molecule is CC(=O)Nc1ccc(OCC2CCCC(OC(Cn3ccnc3)c3ccc(Cl)cc3)O2)cc1. The molecule has 3 atom stereocenters. The highest BCUT2D eigenvalue weighted by molar-refractivity contribution is 6.30. The van der Waals surface area contributed by atoms with E-state index in [1.54, 1.807) is 12.5 Å². The molecule has 0 aliphatic carbocycles. The van der Waals surface area contributed by atoms with Crippen LogP contribution in [0.1, 0.15) is 37.9 Å². The van der Waals surface area contributed by atoms with E-state index in [2.05, 4.69) is 10.3 Å². The molecule has 0 saturated carbocycles. The second-order valence-corrected chi connectivity index (χ2v) is 8.51. The summed E-state index contributed by atoms with van der Waals surface area (Å²) in [6.45, 7) is 2.55. The molecule has 8 heteroatoms. The number of ether oxygens (including phenoxy) is 3. The summed E-state index contributed by atoms with van der Waals surface area (Å²) in [5.41, 5.74) is 1.78. The molecular formula is C25H28ClN3O4. The Labute approximate surface area is 198 Å². The van der Waals surface area contributed by atoms with Crippen LogP contribution in [0.25, 0.3) is 0 Å². The molecule has 0 radical (unpaired) electrons. The first-order chi connectivity index (χ1) is 16.0. The Hall–Kier alpha value is -2.87. The first-order valence-corrected chi connectivity index (χ1v) is 11.5. The lowest BCUT2D eigenvalue weighted by atomic mass is 10.1. The number of benzene rings is 2. The fourth-order valence-electron chi connectivity index (χ4n) is 3.79. The van der Waals surface area contributed by atoms with Gasteiger partial charge in [-0.3, -0.25) is 4.79 Å². The molecule has 4 rings (SSSR count). The van der Waals surface area contributed by atoms with Gasteiger partial charge in [0.15, 0.2) is 6.29 Å². The van der Waals surface area contributed by atoms with Crippen molar-refractivity contribution in [1.82, 2.24) is 9.55 Å². The third-order valence-electron chi connectivity index (χ3n) is 5.41. The third kappa shape index (κ3) is 7.05. The van der Waals surface area contributed by atoms with Crippen molar-refractivity contribution in [2.45, 2.75) is 51.2 Å². The number of carbonyl (C=O) groups excluding carboxylic acids is 1. The summed E-state index contributed by atoms with van der Waals surface area (Å²) in [5, 5.41) is 3.44. The number of hydrogen-bond donors (Lipinski definition) is 1. The second kappa shape index (κ2) is 11.3. The van der Waals surface area contributed by atoms with Crippen molar-refractivity contribution in [1.29, 1.82) is 0 Å². The van der Waals surface area contributed by atoms with Crippen molar-refractivity contribution in [3.63, 3.8) is 0 Å². The van der Waals surface area contributed by atoms with E-state index < -0.39 is 0 Å². The first-order valence-electron chi connectivity index (χ1n) is 11.1. The van der Waals surface area contributed by atoms with Crippen LogP contribution >= 0.6 is 11.6 Å². The number of imidazole rings is 1. The number of anilines is 1. The summed E-state index contributed by atoms with van der Waals surface area (Å²) < 4.78 is 20.6. The number of aromatic nitrogens is 2. The van der Waals surface area contributed by atoms with Crippen LogP contribution in [0.5, 0.6) is 5.75 Å².